The normalized spacial score (nSPS) is 12.0. The van der Waals surface area contributed by atoms with Gasteiger partial charge in [-0.05, 0) is 20.8 Å². The highest BCUT2D eigenvalue weighted by Gasteiger charge is 2.07. The standard InChI is InChI=1S/C10H21N5/c1-10(2,3)12-6-5-11-7-9-14-13-8-15(9)4/h8,11-12H,5-7H2,1-4H3. The molecule has 0 aliphatic rings. The highest BCUT2D eigenvalue weighted by molar-refractivity contribution is 4.83. The minimum atomic E-state index is 0.187. The number of hydrogen-bond donors (Lipinski definition) is 2. The van der Waals surface area contributed by atoms with E-state index in [4.69, 9.17) is 0 Å². The van der Waals surface area contributed by atoms with Crippen molar-refractivity contribution >= 4 is 0 Å². The van der Waals surface area contributed by atoms with Gasteiger partial charge in [-0.15, -0.1) is 10.2 Å². The van der Waals surface area contributed by atoms with Crippen molar-refractivity contribution in [1.29, 1.82) is 0 Å². The molecule has 2 N–H and O–H groups in total. The van der Waals surface area contributed by atoms with Crippen LogP contribution in [0.15, 0.2) is 6.33 Å². The monoisotopic (exact) mass is 211 g/mol. The Labute approximate surface area is 91.3 Å². The van der Waals surface area contributed by atoms with Crippen LogP contribution < -0.4 is 10.6 Å². The summed E-state index contributed by atoms with van der Waals surface area (Å²) in [4.78, 5) is 0. The maximum Gasteiger partial charge on any atom is 0.146 e. The first-order valence-electron chi connectivity index (χ1n) is 5.28. The van der Waals surface area contributed by atoms with Crippen LogP contribution in [0.25, 0.3) is 0 Å². The predicted octanol–water partition coefficient (Wildman–Crippen LogP) is 0.293. The molecule has 0 aliphatic carbocycles. The van der Waals surface area contributed by atoms with E-state index in [0.717, 1.165) is 25.5 Å². The summed E-state index contributed by atoms with van der Waals surface area (Å²) in [5.41, 5.74) is 0.187. The topological polar surface area (TPSA) is 54.8 Å². The average molecular weight is 211 g/mol. The average Bonchev–Trinajstić information content (AvgIpc) is 2.49. The molecule has 1 rings (SSSR count). The van der Waals surface area contributed by atoms with Crippen molar-refractivity contribution in [2.24, 2.45) is 7.05 Å². The van der Waals surface area contributed by atoms with Gasteiger partial charge in [0.15, 0.2) is 0 Å². The Morgan fingerprint density at radius 1 is 1.33 bits per heavy atom. The predicted molar refractivity (Wildman–Crippen MR) is 60.5 cm³/mol. The van der Waals surface area contributed by atoms with Crippen LogP contribution in [-0.2, 0) is 13.6 Å². The van der Waals surface area contributed by atoms with Crippen LogP contribution >= 0.6 is 0 Å². The zero-order valence-electron chi connectivity index (χ0n) is 10.0. The second-order valence-electron chi connectivity index (χ2n) is 4.71. The van der Waals surface area contributed by atoms with Crippen LogP contribution in [0.4, 0.5) is 0 Å². The molecule has 0 aliphatic heterocycles. The summed E-state index contributed by atoms with van der Waals surface area (Å²) < 4.78 is 1.92. The van der Waals surface area contributed by atoms with E-state index in [0.29, 0.717) is 0 Å². The first-order chi connectivity index (χ1) is 6.99. The molecule has 1 aromatic heterocycles. The molecule has 86 valence electrons. The van der Waals surface area contributed by atoms with Crippen molar-refractivity contribution in [2.45, 2.75) is 32.9 Å². The molecule has 5 nitrogen and oxygen atoms in total. The van der Waals surface area contributed by atoms with Crippen LogP contribution in [0.3, 0.4) is 0 Å². The lowest BCUT2D eigenvalue weighted by Gasteiger charge is -2.20. The van der Waals surface area contributed by atoms with Gasteiger partial charge in [-0.2, -0.15) is 0 Å². The van der Waals surface area contributed by atoms with Crippen LogP contribution in [0.5, 0.6) is 0 Å². The van der Waals surface area contributed by atoms with E-state index in [1.54, 1.807) is 6.33 Å². The molecule has 15 heavy (non-hydrogen) atoms. The third-order valence-corrected chi connectivity index (χ3v) is 2.05. The summed E-state index contributed by atoms with van der Waals surface area (Å²) >= 11 is 0. The Balaban J connectivity index is 2.10. The van der Waals surface area contributed by atoms with E-state index in [1.807, 2.05) is 11.6 Å². The summed E-state index contributed by atoms with van der Waals surface area (Å²) in [5, 5.41) is 14.5. The van der Waals surface area contributed by atoms with Gasteiger partial charge in [-0.1, -0.05) is 0 Å². The number of nitrogens with one attached hydrogen (secondary N) is 2. The number of aromatic nitrogens is 3. The highest BCUT2D eigenvalue weighted by atomic mass is 15.3. The second-order valence-corrected chi connectivity index (χ2v) is 4.71. The van der Waals surface area contributed by atoms with Gasteiger partial charge in [-0.3, -0.25) is 0 Å². The maximum atomic E-state index is 3.99. The molecule has 5 heteroatoms. The number of hydrogen-bond acceptors (Lipinski definition) is 4. The summed E-state index contributed by atoms with van der Waals surface area (Å²) in [6.07, 6.45) is 1.71. The number of rotatable bonds is 5. The molecule has 0 unspecified atom stereocenters. The van der Waals surface area contributed by atoms with E-state index in [-0.39, 0.29) is 5.54 Å². The lowest BCUT2D eigenvalue weighted by molar-refractivity contribution is 0.420. The van der Waals surface area contributed by atoms with Gasteiger partial charge in [0.25, 0.3) is 0 Å². The molecular weight excluding hydrogens is 190 g/mol. The van der Waals surface area contributed by atoms with Gasteiger partial charge >= 0.3 is 0 Å². The number of nitrogens with zero attached hydrogens (tertiary/aromatic N) is 3. The van der Waals surface area contributed by atoms with Gasteiger partial charge in [0, 0.05) is 25.7 Å². The van der Waals surface area contributed by atoms with E-state index in [9.17, 15) is 0 Å². The smallest absolute Gasteiger partial charge is 0.146 e. The van der Waals surface area contributed by atoms with Crippen LogP contribution in [0.2, 0.25) is 0 Å². The van der Waals surface area contributed by atoms with Crippen molar-refractivity contribution in [3.8, 4) is 0 Å². The Kier molecular flexibility index (Phi) is 4.23. The summed E-state index contributed by atoms with van der Waals surface area (Å²) in [6, 6.07) is 0. The third-order valence-electron chi connectivity index (χ3n) is 2.05. The largest absolute Gasteiger partial charge is 0.320 e. The van der Waals surface area contributed by atoms with Crippen LogP contribution in [0.1, 0.15) is 26.6 Å². The number of aryl methyl sites for hydroxylation is 1. The Bertz CT molecular complexity index is 286. The first kappa shape index (κ1) is 12.1. The molecule has 0 fully saturated rings. The van der Waals surface area contributed by atoms with Gasteiger partial charge in [0.2, 0.25) is 0 Å². The first-order valence-corrected chi connectivity index (χ1v) is 5.28. The Hall–Kier alpha value is -0.940. The molecule has 0 aromatic carbocycles. The van der Waals surface area contributed by atoms with Crippen LogP contribution in [-0.4, -0.2) is 33.4 Å². The minimum Gasteiger partial charge on any atom is -0.320 e. The SMILES string of the molecule is Cn1cnnc1CNCCNC(C)(C)C. The molecule has 0 spiro atoms. The van der Waals surface area contributed by atoms with Crippen LogP contribution in [0, 0.1) is 0 Å². The quantitative estimate of drug-likeness (QED) is 0.688. The molecule has 0 atom stereocenters. The van der Waals surface area contributed by atoms with Crippen molar-refractivity contribution in [2.75, 3.05) is 13.1 Å². The maximum absolute atomic E-state index is 3.99. The third kappa shape index (κ3) is 4.90. The van der Waals surface area contributed by atoms with E-state index in [1.165, 1.54) is 0 Å². The molecule has 0 radical (unpaired) electrons. The van der Waals surface area contributed by atoms with Crippen molar-refractivity contribution in [3.63, 3.8) is 0 Å². The zero-order valence-corrected chi connectivity index (χ0v) is 10.0. The Morgan fingerprint density at radius 3 is 2.60 bits per heavy atom. The summed E-state index contributed by atoms with van der Waals surface area (Å²) in [6.45, 7) is 9.15. The fourth-order valence-corrected chi connectivity index (χ4v) is 1.19. The van der Waals surface area contributed by atoms with E-state index < -0.39 is 0 Å². The molecule has 0 amide bonds. The minimum absolute atomic E-state index is 0.187. The van der Waals surface area contributed by atoms with Crippen molar-refractivity contribution in [3.05, 3.63) is 12.2 Å². The van der Waals surface area contributed by atoms with Gasteiger partial charge in [-0.25, -0.2) is 0 Å². The van der Waals surface area contributed by atoms with Gasteiger partial charge in [0.1, 0.15) is 12.2 Å². The van der Waals surface area contributed by atoms with E-state index in [2.05, 4.69) is 41.6 Å². The molecule has 0 bridgehead atoms. The highest BCUT2D eigenvalue weighted by Crippen LogP contribution is 1.96. The molecular formula is C10H21N5. The molecule has 0 saturated carbocycles. The van der Waals surface area contributed by atoms with E-state index >= 15 is 0 Å². The summed E-state index contributed by atoms with van der Waals surface area (Å²) in [7, 11) is 1.95. The fraction of sp³-hybridized carbons (Fsp3) is 0.800. The molecule has 1 heterocycles. The summed E-state index contributed by atoms with van der Waals surface area (Å²) in [5.74, 6) is 0.964. The lowest BCUT2D eigenvalue weighted by Crippen LogP contribution is -2.40. The van der Waals surface area contributed by atoms with Gasteiger partial charge in [0.05, 0.1) is 6.54 Å². The van der Waals surface area contributed by atoms with Gasteiger partial charge < -0.3 is 15.2 Å². The molecule has 0 saturated heterocycles. The lowest BCUT2D eigenvalue weighted by atomic mass is 10.1. The molecule has 1 aromatic rings. The van der Waals surface area contributed by atoms with Crippen molar-refractivity contribution < 1.29 is 0 Å². The fourth-order valence-electron chi connectivity index (χ4n) is 1.19. The zero-order chi connectivity index (χ0) is 11.3. The Morgan fingerprint density at radius 2 is 2.07 bits per heavy atom. The van der Waals surface area contributed by atoms with Crippen molar-refractivity contribution in [1.82, 2.24) is 25.4 Å². The second kappa shape index (κ2) is 5.23.